The summed E-state index contributed by atoms with van der Waals surface area (Å²) in [5, 5.41) is 10.2. The number of amides is 1. The Balaban J connectivity index is 2.48. The average Bonchev–Trinajstić information content (AvgIpc) is 2.16. The van der Waals surface area contributed by atoms with Gasteiger partial charge in [0.25, 0.3) is 0 Å². The molecule has 1 fully saturated rings. The number of ether oxygens (including phenoxy) is 1. The summed E-state index contributed by atoms with van der Waals surface area (Å²) in [4.78, 5) is 13.0. The van der Waals surface area contributed by atoms with Crippen LogP contribution in [0.5, 0.6) is 0 Å². The Bertz CT molecular complexity index is 225. The predicted molar refractivity (Wildman–Crippen MR) is 56.3 cm³/mol. The first-order chi connectivity index (χ1) is 6.94. The lowest BCUT2D eigenvalue weighted by Gasteiger charge is -2.35. The fourth-order valence-electron chi connectivity index (χ4n) is 1.78. The minimum Gasteiger partial charge on any atom is -0.388 e. The Morgan fingerprint density at radius 1 is 1.60 bits per heavy atom. The lowest BCUT2D eigenvalue weighted by molar-refractivity contribution is -0.137. The molecule has 1 aliphatic rings. The van der Waals surface area contributed by atoms with Crippen LogP contribution < -0.4 is 5.73 Å². The molecule has 0 aliphatic carbocycles. The van der Waals surface area contributed by atoms with E-state index in [0.717, 1.165) is 0 Å². The lowest BCUT2D eigenvalue weighted by atomic mass is 9.94. The van der Waals surface area contributed by atoms with Gasteiger partial charge in [-0.3, -0.25) is 4.79 Å². The highest BCUT2D eigenvalue weighted by molar-refractivity contribution is 5.80. The molecule has 15 heavy (non-hydrogen) atoms. The second-order valence-electron chi connectivity index (χ2n) is 4.32. The topological polar surface area (TPSA) is 75.8 Å². The molecule has 5 heteroatoms. The summed E-state index contributed by atoms with van der Waals surface area (Å²) in [6.45, 7) is 3.08. The first-order valence-electron chi connectivity index (χ1n) is 5.25. The smallest absolute Gasteiger partial charge is 0.239 e. The highest BCUT2D eigenvalue weighted by atomic mass is 16.5. The second-order valence-corrected chi connectivity index (χ2v) is 4.32. The molecule has 0 radical (unpaired) electrons. The summed E-state index contributed by atoms with van der Waals surface area (Å²) >= 11 is 0. The molecular formula is C10H20N2O3. The summed E-state index contributed by atoms with van der Waals surface area (Å²) < 4.78 is 5.17. The Morgan fingerprint density at radius 2 is 2.13 bits per heavy atom. The lowest BCUT2D eigenvalue weighted by Crippen LogP contribution is -2.50. The van der Waals surface area contributed by atoms with E-state index in [1.807, 2.05) is 0 Å². The van der Waals surface area contributed by atoms with E-state index >= 15 is 0 Å². The van der Waals surface area contributed by atoms with Gasteiger partial charge in [0.05, 0.1) is 11.6 Å². The fourth-order valence-corrected chi connectivity index (χ4v) is 1.78. The standard InChI is InChI=1S/C10H20N2O3/c1-8(11)9(13)12(2)7-10(14)3-5-15-6-4-10/h8,14H,3-7,11H2,1-2H3. The Morgan fingerprint density at radius 3 is 2.60 bits per heavy atom. The van der Waals surface area contributed by atoms with E-state index in [4.69, 9.17) is 10.5 Å². The van der Waals surface area contributed by atoms with Crippen LogP contribution in [-0.2, 0) is 9.53 Å². The largest absolute Gasteiger partial charge is 0.388 e. The van der Waals surface area contributed by atoms with Crippen LogP contribution in [0.25, 0.3) is 0 Å². The number of carbonyl (C=O) groups excluding carboxylic acids is 1. The molecule has 5 nitrogen and oxygen atoms in total. The van der Waals surface area contributed by atoms with Crippen LogP contribution >= 0.6 is 0 Å². The number of aliphatic hydroxyl groups is 1. The molecule has 3 N–H and O–H groups in total. The van der Waals surface area contributed by atoms with Gasteiger partial charge in [-0.1, -0.05) is 0 Å². The number of hydrogen-bond donors (Lipinski definition) is 2. The maximum Gasteiger partial charge on any atom is 0.239 e. The van der Waals surface area contributed by atoms with Gasteiger partial charge < -0.3 is 20.5 Å². The third kappa shape index (κ3) is 3.44. The van der Waals surface area contributed by atoms with Crippen molar-refractivity contribution in [1.29, 1.82) is 0 Å². The molecule has 1 heterocycles. The minimum atomic E-state index is -0.808. The van der Waals surface area contributed by atoms with E-state index < -0.39 is 11.6 Å². The third-order valence-electron chi connectivity index (χ3n) is 2.72. The zero-order valence-corrected chi connectivity index (χ0v) is 9.40. The second kappa shape index (κ2) is 4.92. The molecule has 0 aromatic heterocycles. The third-order valence-corrected chi connectivity index (χ3v) is 2.72. The Labute approximate surface area is 90.2 Å². The van der Waals surface area contributed by atoms with E-state index in [9.17, 15) is 9.90 Å². The van der Waals surface area contributed by atoms with Crippen molar-refractivity contribution in [1.82, 2.24) is 4.90 Å². The molecular weight excluding hydrogens is 196 g/mol. The highest BCUT2D eigenvalue weighted by Crippen LogP contribution is 2.21. The summed E-state index contributed by atoms with van der Waals surface area (Å²) in [5.41, 5.74) is 4.68. The van der Waals surface area contributed by atoms with Crippen LogP contribution in [0, 0.1) is 0 Å². The molecule has 0 saturated carbocycles. The van der Waals surface area contributed by atoms with Crippen LogP contribution in [-0.4, -0.2) is 54.4 Å². The van der Waals surface area contributed by atoms with Gasteiger partial charge in [-0.25, -0.2) is 0 Å². The SMILES string of the molecule is CC(N)C(=O)N(C)CC1(O)CCOCC1. The fraction of sp³-hybridized carbons (Fsp3) is 0.900. The van der Waals surface area contributed by atoms with Crippen molar-refractivity contribution in [2.45, 2.75) is 31.4 Å². The summed E-state index contributed by atoms with van der Waals surface area (Å²) in [7, 11) is 1.67. The van der Waals surface area contributed by atoms with Crippen LogP contribution in [0.3, 0.4) is 0 Å². The van der Waals surface area contributed by atoms with Gasteiger partial charge in [0.2, 0.25) is 5.91 Å². The van der Waals surface area contributed by atoms with Gasteiger partial charge >= 0.3 is 0 Å². The van der Waals surface area contributed by atoms with E-state index in [2.05, 4.69) is 0 Å². The molecule has 0 spiro atoms. The molecule has 88 valence electrons. The van der Waals surface area contributed by atoms with E-state index in [-0.39, 0.29) is 5.91 Å². The monoisotopic (exact) mass is 216 g/mol. The Hall–Kier alpha value is -0.650. The van der Waals surface area contributed by atoms with Crippen molar-refractivity contribution < 1.29 is 14.6 Å². The quantitative estimate of drug-likeness (QED) is 0.656. The molecule has 1 amide bonds. The van der Waals surface area contributed by atoms with E-state index in [1.54, 1.807) is 14.0 Å². The highest BCUT2D eigenvalue weighted by Gasteiger charge is 2.32. The summed E-state index contributed by atoms with van der Waals surface area (Å²) in [6.07, 6.45) is 1.15. The molecule has 1 rings (SSSR count). The van der Waals surface area contributed by atoms with Gasteiger partial charge in [0.1, 0.15) is 0 Å². The zero-order valence-electron chi connectivity index (χ0n) is 9.40. The number of likely N-dealkylation sites (N-methyl/N-ethyl adjacent to an activating group) is 1. The summed E-state index contributed by atoms with van der Waals surface area (Å²) in [6, 6.07) is -0.515. The predicted octanol–water partition coefficient (Wildman–Crippen LogP) is -0.666. The molecule has 0 aromatic rings. The van der Waals surface area contributed by atoms with Crippen LogP contribution in [0.15, 0.2) is 0 Å². The van der Waals surface area contributed by atoms with Crippen molar-refractivity contribution >= 4 is 5.91 Å². The van der Waals surface area contributed by atoms with Crippen molar-refractivity contribution in [2.24, 2.45) is 5.73 Å². The molecule has 0 bridgehead atoms. The van der Waals surface area contributed by atoms with Crippen molar-refractivity contribution in [2.75, 3.05) is 26.8 Å². The normalized spacial score (nSPS) is 22.1. The van der Waals surface area contributed by atoms with Gasteiger partial charge in [0, 0.05) is 39.6 Å². The van der Waals surface area contributed by atoms with Gasteiger partial charge in [-0.2, -0.15) is 0 Å². The molecule has 1 aliphatic heterocycles. The van der Waals surface area contributed by atoms with E-state index in [0.29, 0.717) is 32.6 Å². The molecule has 1 atom stereocenters. The number of hydrogen-bond acceptors (Lipinski definition) is 4. The molecule has 0 aromatic carbocycles. The van der Waals surface area contributed by atoms with Crippen molar-refractivity contribution in [3.8, 4) is 0 Å². The zero-order chi connectivity index (χ0) is 11.5. The van der Waals surface area contributed by atoms with E-state index in [1.165, 1.54) is 4.90 Å². The van der Waals surface area contributed by atoms with Crippen LogP contribution in [0.4, 0.5) is 0 Å². The average molecular weight is 216 g/mol. The van der Waals surface area contributed by atoms with Gasteiger partial charge in [-0.05, 0) is 6.92 Å². The number of nitrogens with two attached hydrogens (primary N) is 1. The first-order valence-corrected chi connectivity index (χ1v) is 5.25. The first kappa shape index (κ1) is 12.4. The molecule has 1 unspecified atom stereocenters. The maximum absolute atomic E-state index is 11.5. The van der Waals surface area contributed by atoms with Crippen molar-refractivity contribution in [3.05, 3.63) is 0 Å². The van der Waals surface area contributed by atoms with Crippen molar-refractivity contribution in [3.63, 3.8) is 0 Å². The van der Waals surface area contributed by atoms with Crippen LogP contribution in [0.1, 0.15) is 19.8 Å². The number of nitrogens with zero attached hydrogens (tertiary/aromatic N) is 1. The Kier molecular flexibility index (Phi) is 4.07. The molecule has 1 saturated heterocycles. The minimum absolute atomic E-state index is 0.144. The van der Waals surface area contributed by atoms with Crippen LogP contribution in [0.2, 0.25) is 0 Å². The summed E-state index contributed by atoms with van der Waals surface area (Å²) in [5.74, 6) is -0.144. The number of carbonyl (C=O) groups is 1. The number of rotatable bonds is 3. The maximum atomic E-state index is 11.5. The van der Waals surface area contributed by atoms with Gasteiger partial charge in [-0.15, -0.1) is 0 Å². The van der Waals surface area contributed by atoms with Gasteiger partial charge in [0.15, 0.2) is 0 Å².